The Bertz CT molecular complexity index is 520. The van der Waals surface area contributed by atoms with E-state index in [1.807, 2.05) is 19.2 Å². The van der Waals surface area contributed by atoms with E-state index in [0.717, 1.165) is 11.2 Å². The number of benzene rings is 1. The summed E-state index contributed by atoms with van der Waals surface area (Å²) in [6.45, 7) is 6.56. The molecule has 5 heteroatoms. The van der Waals surface area contributed by atoms with Gasteiger partial charge in [-0.1, -0.05) is 13.8 Å². The van der Waals surface area contributed by atoms with E-state index in [0.29, 0.717) is 23.2 Å². The number of hydrogen-bond acceptors (Lipinski definition) is 5. The molecule has 5 nitrogen and oxygen atoms in total. The number of nitrogens with zero attached hydrogens (tertiary/aromatic N) is 3. The maximum absolute atomic E-state index is 5.82. The van der Waals surface area contributed by atoms with Crippen molar-refractivity contribution in [3.63, 3.8) is 0 Å². The number of fused-ring (bicyclic) bond motifs is 1. The molecule has 0 radical (unpaired) electrons. The fraction of sp³-hybridized carbons (Fsp3) is 0.500. The number of nitrogens with two attached hydrogens (primary N) is 1. The van der Waals surface area contributed by atoms with Gasteiger partial charge >= 0.3 is 0 Å². The van der Waals surface area contributed by atoms with E-state index in [9.17, 15) is 0 Å². The molecule has 1 aromatic heterocycles. The van der Waals surface area contributed by atoms with Crippen LogP contribution < -0.4 is 10.6 Å². The second kappa shape index (κ2) is 4.24. The first-order valence-electron chi connectivity index (χ1n) is 5.76. The molecule has 0 saturated heterocycles. The summed E-state index contributed by atoms with van der Waals surface area (Å²) >= 11 is 0. The minimum Gasteiger partial charge on any atom is -0.397 e. The van der Waals surface area contributed by atoms with Gasteiger partial charge in [0.15, 0.2) is 11.0 Å². The molecular weight excluding hydrogens is 216 g/mol. The monoisotopic (exact) mass is 234 g/mol. The minimum absolute atomic E-state index is 0.401. The van der Waals surface area contributed by atoms with Crippen LogP contribution >= 0.6 is 0 Å². The molecule has 0 aliphatic heterocycles. The lowest BCUT2D eigenvalue weighted by Gasteiger charge is -2.29. The van der Waals surface area contributed by atoms with Gasteiger partial charge in [-0.3, -0.25) is 0 Å². The van der Waals surface area contributed by atoms with Crippen LogP contribution in [-0.4, -0.2) is 23.4 Å². The molecule has 0 aliphatic rings. The fourth-order valence-corrected chi connectivity index (χ4v) is 1.82. The van der Waals surface area contributed by atoms with E-state index in [-0.39, 0.29) is 0 Å². The van der Waals surface area contributed by atoms with Crippen LogP contribution in [0.4, 0.5) is 11.4 Å². The smallest absolute Gasteiger partial charge is 0.160 e. The van der Waals surface area contributed by atoms with Gasteiger partial charge in [0.25, 0.3) is 0 Å². The molecule has 0 fully saturated rings. The zero-order valence-corrected chi connectivity index (χ0v) is 10.6. The van der Waals surface area contributed by atoms with Crippen LogP contribution in [0.25, 0.3) is 11.0 Å². The summed E-state index contributed by atoms with van der Waals surface area (Å²) in [4.78, 5) is 2.18. The van der Waals surface area contributed by atoms with Gasteiger partial charge in [-0.25, -0.2) is 4.63 Å². The Morgan fingerprint density at radius 3 is 2.47 bits per heavy atom. The first kappa shape index (κ1) is 11.7. The van der Waals surface area contributed by atoms with E-state index in [1.165, 1.54) is 0 Å². The second-order valence-corrected chi connectivity index (χ2v) is 4.73. The van der Waals surface area contributed by atoms with Crippen molar-refractivity contribution in [1.29, 1.82) is 0 Å². The van der Waals surface area contributed by atoms with Crippen LogP contribution in [0.1, 0.15) is 20.8 Å². The van der Waals surface area contributed by atoms with Gasteiger partial charge < -0.3 is 10.6 Å². The van der Waals surface area contributed by atoms with Crippen molar-refractivity contribution in [1.82, 2.24) is 10.3 Å². The highest BCUT2D eigenvalue weighted by atomic mass is 16.6. The van der Waals surface area contributed by atoms with Crippen molar-refractivity contribution >= 4 is 22.4 Å². The lowest BCUT2D eigenvalue weighted by atomic mass is 10.0. The quantitative estimate of drug-likeness (QED) is 0.825. The summed E-state index contributed by atoms with van der Waals surface area (Å²) in [5.74, 6) is 0.549. The van der Waals surface area contributed by atoms with Gasteiger partial charge in [-0.2, -0.15) is 0 Å². The Kier molecular flexibility index (Phi) is 2.92. The molecule has 0 saturated carbocycles. The molecule has 92 valence electrons. The summed E-state index contributed by atoms with van der Waals surface area (Å²) in [7, 11) is 2.05. The standard InChI is InChI=1S/C12H18N4O/c1-7(2)8(3)16(4)10-6-5-9(13)11-12(10)15-17-14-11/h5-8H,13H2,1-4H3. The molecule has 0 amide bonds. The van der Waals surface area contributed by atoms with Crippen molar-refractivity contribution < 1.29 is 4.63 Å². The van der Waals surface area contributed by atoms with E-state index < -0.39 is 0 Å². The van der Waals surface area contributed by atoms with Crippen LogP contribution in [0.5, 0.6) is 0 Å². The van der Waals surface area contributed by atoms with Gasteiger partial charge in [0.1, 0.15) is 0 Å². The summed E-state index contributed by atoms with van der Waals surface area (Å²) in [6, 6.07) is 4.20. The highest BCUT2D eigenvalue weighted by Crippen LogP contribution is 2.29. The van der Waals surface area contributed by atoms with Gasteiger partial charge in [0.2, 0.25) is 0 Å². The maximum Gasteiger partial charge on any atom is 0.160 e. The number of nitrogen functional groups attached to an aromatic ring is 1. The Hall–Kier alpha value is -1.78. The predicted molar refractivity (Wildman–Crippen MR) is 68.9 cm³/mol. The van der Waals surface area contributed by atoms with Crippen LogP contribution in [0.2, 0.25) is 0 Å². The molecule has 17 heavy (non-hydrogen) atoms. The average Bonchev–Trinajstić information content (AvgIpc) is 2.77. The molecule has 1 aromatic carbocycles. The lowest BCUT2D eigenvalue weighted by Crippen LogP contribution is -2.33. The SMILES string of the molecule is CC(C)C(C)N(C)c1ccc(N)c2nonc12. The molecule has 0 spiro atoms. The van der Waals surface area contributed by atoms with Crippen LogP contribution in [-0.2, 0) is 0 Å². The molecule has 1 heterocycles. The Balaban J connectivity index is 2.49. The fourth-order valence-electron chi connectivity index (χ4n) is 1.82. The zero-order chi connectivity index (χ0) is 12.6. The number of aromatic nitrogens is 2. The molecule has 1 unspecified atom stereocenters. The van der Waals surface area contributed by atoms with E-state index in [4.69, 9.17) is 10.4 Å². The number of anilines is 2. The Morgan fingerprint density at radius 2 is 1.82 bits per heavy atom. The predicted octanol–water partition coefficient (Wildman–Crippen LogP) is 2.29. The van der Waals surface area contributed by atoms with Crippen LogP contribution in [0.15, 0.2) is 16.8 Å². The summed E-state index contributed by atoms with van der Waals surface area (Å²) < 4.78 is 4.77. The summed E-state index contributed by atoms with van der Waals surface area (Å²) in [6.07, 6.45) is 0. The van der Waals surface area contributed by atoms with E-state index in [1.54, 1.807) is 0 Å². The Morgan fingerprint density at radius 1 is 1.18 bits per heavy atom. The maximum atomic E-state index is 5.82. The minimum atomic E-state index is 0.401. The lowest BCUT2D eigenvalue weighted by molar-refractivity contribution is 0.315. The molecule has 1 atom stereocenters. The molecule has 2 N–H and O–H groups in total. The largest absolute Gasteiger partial charge is 0.397 e. The first-order chi connectivity index (χ1) is 8.02. The van der Waals surface area contributed by atoms with Gasteiger partial charge in [-0.15, -0.1) is 0 Å². The van der Waals surface area contributed by atoms with Gasteiger partial charge in [0, 0.05) is 13.1 Å². The number of rotatable bonds is 3. The van der Waals surface area contributed by atoms with Crippen molar-refractivity contribution in [2.45, 2.75) is 26.8 Å². The van der Waals surface area contributed by atoms with E-state index >= 15 is 0 Å². The summed E-state index contributed by atoms with van der Waals surface area (Å²) in [5.41, 5.74) is 8.77. The van der Waals surface area contributed by atoms with Gasteiger partial charge in [-0.05, 0) is 35.3 Å². The third kappa shape index (κ3) is 1.92. The average molecular weight is 234 g/mol. The second-order valence-electron chi connectivity index (χ2n) is 4.73. The third-order valence-corrected chi connectivity index (χ3v) is 3.38. The molecular formula is C12H18N4O. The molecule has 0 aliphatic carbocycles. The van der Waals surface area contributed by atoms with Crippen LogP contribution in [0.3, 0.4) is 0 Å². The van der Waals surface area contributed by atoms with Gasteiger partial charge in [0.05, 0.1) is 11.4 Å². The van der Waals surface area contributed by atoms with Crippen LogP contribution in [0, 0.1) is 5.92 Å². The third-order valence-electron chi connectivity index (χ3n) is 3.38. The molecule has 2 rings (SSSR count). The van der Waals surface area contributed by atoms with Crippen molar-refractivity contribution in [2.75, 3.05) is 17.7 Å². The topological polar surface area (TPSA) is 68.2 Å². The Labute approximate surface area is 101 Å². The molecule has 0 bridgehead atoms. The summed E-state index contributed by atoms with van der Waals surface area (Å²) in [5, 5.41) is 7.76. The van der Waals surface area contributed by atoms with Crippen molar-refractivity contribution in [3.8, 4) is 0 Å². The van der Waals surface area contributed by atoms with Crippen molar-refractivity contribution in [3.05, 3.63) is 12.1 Å². The normalized spacial score (nSPS) is 13.2. The zero-order valence-electron chi connectivity index (χ0n) is 10.6. The van der Waals surface area contributed by atoms with E-state index in [2.05, 4.69) is 36.0 Å². The first-order valence-corrected chi connectivity index (χ1v) is 5.76. The highest BCUT2D eigenvalue weighted by Gasteiger charge is 2.18. The highest BCUT2D eigenvalue weighted by molar-refractivity contribution is 5.95. The molecule has 2 aromatic rings. The van der Waals surface area contributed by atoms with Crippen molar-refractivity contribution in [2.24, 2.45) is 5.92 Å². The number of hydrogen-bond donors (Lipinski definition) is 1.